The van der Waals surface area contributed by atoms with Crippen molar-refractivity contribution in [2.75, 3.05) is 26.2 Å². The van der Waals surface area contributed by atoms with Crippen LogP contribution in [0.5, 0.6) is 0 Å². The molecule has 0 bridgehead atoms. The molecule has 5 heteroatoms. The molecule has 3 aliphatic heterocycles. The van der Waals surface area contributed by atoms with E-state index in [0.717, 1.165) is 58.3 Å². The zero-order valence-corrected chi connectivity index (χ0v) is 12.5. The minimum atomic E-state index is 0.312. The molecule has 0 aromatic heterocycles. The number of nitrogens with zero attached hydrogens (tertiary/aromatic N) is 3. The van der Waals surface area contributed by atoms with Gasteiger partial charge in [0.15, 0.2) is 0 Å². The van der Waals surface area contributed by atoms with Crippen LogP contribution < -0.4 is 5.32 Å². The molecule has 2 saturated heterocycles. The molecule has 2 unspecified atom stereocenters. The van der Waals surface area contributed by atoms with Gasteiger partial charge in [-0.25, -0.2) is 4.99 Å². The van der Waals surface area contributed by atoms with Crippen molar-refractivity contribution in [2.45, 2.75) is 38.1 Å². The first-order valence-electron chi connectivity index (χ1n) is 8.41. The van der Waals surface area contributed by atoms with E-state index >= 15 is 0 Å². The molecular formula is C16H24N4O. The first-order valence-corrected chi connectivity index (χ1v) is 8.41. The van der Waals surface area contributed by atoms with Crippen LogP contribution in [0.3, 0.4) is 0 Å². The second kappa shape index (κ2) is 5.52. The van der Waals surface area contributed by atoms with Gasteiger partial charge in [-0.3, -0.25) is 9.79 Å². The number of nitrogens with one attached hydrogen (secondary N) is 1. The third-order valence-corrected chi connectivity index (χ3v) is 5.43. The van der Waals surface area contributed by atoms with Crippen molar-refractivity contribution in [3.8, 4) is 0 Å². The Hall–Kier alpha value is -1.23. The van der Waals surface area contributed by atoms with Crippen LogP contribution in [-0.2, 0) is 4.79 Å². The number of carbonyl (C=O) groups excluding carboxylic acids is 1. The average molecular weight is 288 g/mol. The molecule has 0 aromatic rings. The minimum absolute atomic E-state index is 0.312. The second-order valence-corrected chi connectivity index (χ2v) is 6.86. The summed E-state index contributed by atoms with van der Waals surface area (Å²) in [5.74, 6) is 2.90. The first-order chi connectivity index (χ1) is 10.3. The molecule has 1 saturated carbocycles. The smallest absolute Gasteiger partial charge is 0.139 e. The fraction of sp³-hybridized carbons (Fsp3) is 0.812. The molecule has 0 spiro atoms. The van der Waals surface area contributed by atoms with Crippen LogP contribution in [0.4, 0.5) is 0 Å². The Morgan fingerprint density at radius 3 is 2.67 bits per heavy atom. The summed E-state index contributed by atoms with van der Waals surface area (Å²) in [5.41, 5.74) is 0. The van der Waals surface area contributed by atoms with Gasteiger partial charge in [-0.1, -0.05) is 0 Å². The molecule has 0 amide bonds. The lowest BCUT2D eigenvalue weighted by molar-refractivity contribution is -0.125. The van der Waals surface area contributed by atoms with Gasteiger partial charge in [0.1, 0.15) is 18.0 Å². The fourth-order valence-electron chi connectivity index (χ4n) is 3.97. The van der Waals surface area contributed by atoms with Crippen molar-refractivity contribution >= 4 is 18.0 Å². The quantitative estimate of drug-likeness (QED) is 0.828. The highest BCUT2D eigenvalue weighted by Gasteiger charge is 2.38. The summed E-state index contributed by atoms with van der Waals surface area (Å²) in [4.78, 5) is 23.7. The van der Waals surface area contributed by atoms with Crippen LogP contribution >= 0.6 is 0 Å². The topological polar surface area (TPSA) is 57.1 Å². The number of carbonyl (C=O) groups is 1. The van der Waals surface area contributed by atoms with E-state index in [1.54, 1.807) is 6.34 Å². The molecule has 0 radical (unpaired) electrons. The molecule has 1 aliphatic carbocycles. The first kappa shape index (κ1) is 13.4. The molecular weight excluding hydrogens is 264 g/mol. The Bertz CT molecular complexity index is 475. The number of amidine groups is 1. The van der Waals surface area contributed by atoms with E-state index in [-0.39, 0.29) is 0 Å². The summed E-state index contributed by atoms with van der Waals surface area (Å²) in [6, 6.07) is 0.407. The molecule has 0 aromatic carbocycles. The number of Topliss-reactive ketones (excluding diaryl/α,β-unsaturated/α-hetero) is 1. The summed E-state index contributed by atoms with van der Waals surface area (Å²) in [6.45, 7) is 4.02. The molecule has 5 nitrogen and oxygen atoms in total. The normalized spacial score (nSPS) is 33.5. The maximum atomic E-state index is 12.2. The molecule has 4 aliphatic rings. The Labute approximate surface area is 125 Å². The zero-order chi connectivity index (χ0) is 14.2. The molecule has 114 valence electrons. The Morgan fingerprint density at radius 1 is 1.14 bits per heavy atom. The maximum absolute atomic E-state index is 12.2. The van der Waals surface area contributed by atoms with E-state index in [1.807, 2.05) is 0 Å². The SMILES string of the molecule is O=C(C1CC1)C1CCN(C2=NC=NC3CCNCC23)CC1. The largest absolute Gasteiger partial charge is 0.360 e. The van der Waals surface area contributed by atoms with Gasteiger partial charge in [0.05, 0.1) is 12.0 Å². The summed E-state index contributed by atoms with van der Waals surface area (Å²) < 4.78 is 0. The van der Waals surface area contributed by atoms with Crippen molar-refractivity contribution in [1.29, 1.82) is 0 Å². The predicted molar refractivity (Wildman–Crippen MR) is 82.7 cm³/mol. The van der Waals surface area contributed by atoms with Gasteiger partial charge < -0.3 is 10.2 Å². The Kier molecular flexibility index (Phi) is 3.53. The number of hydrogen-bond donors (Lipinski definition) is 1. The summed E-state index contributed by atoms with van der Waals surface area (Å²) in [7, 11) is 0. The molecule has 4 rings (SSSR count). The van der Waals surface area contributed by atoms with Gasteiger partial charge in [0.2, 0.25) is 0 Å². The van der Waals surface area contributed by atoms with Gasteiger partial charge in [-0.15, -0.1) is 0 Å². The third kappa shape index (κ3) is 2.63. The van der Waals surface area contributed by atoms with E-state index < -0.39 is 0 Å². The molecule has 2 atom stereocenters. The van der Waals surface area contributed by atoms with Crippen molar-refractivity contribution in [3.63, 3.8) is 0 Å². The van der Waals surface area contributed by atoms with Crippen molar-refractivity contribution in [1.82, 2.24) is 10.2 Å². The van der Waals surface area contributed by atoms with Gasteiger partial charge >= 0.3 is 0 Å². The summed E-state index contributed by atoms with van der Waals surface area (Å²) >= 11 is 0. The van der Waals surface area contributed by atoms with Gasteiger partial charge in [0, 0.05) is 31.5 Å². The van der Waals surface area contributed by atoms with Crippen LogP contribution in [-0.4, -0.2) is 55.1 Å². The minimum Gasteiger partial charge on any atom is -0.360 e. The number of rotatable bonds is 2. The van der Waals surface area contributed by atoms with E-state index in [4.69, 9.17) is 0 Å². The summed E-state index contributed by atoms with van der Waals surface area (Å²) in [5, 5.41) is 3.47. The Morgan fingerprint density at radius 2 is 1.90 bits per heavy atom. The highest BCUT2D eigenvalue weighted by Crippen LogP contribution is 2.35. The maximum Gasteiger partial charge on any atom is 0.139 e. The van der Waals surface area contributed by atoms with Crippen LogP contribution in [0.15, 0.2) is 9.98 Å². The number of hydrogen-bond acceptors (Lipinski definition) is 5. The number of piperidine rings is 2. The monoisotopic (exact) mass is 288 g/mol. The van der Waals surface area contributed by atoms with Gasteiger partial charge in [0.25, 0.3) is 0 Å². The van der Waals surface area contributed by atoms with Crippen molar-refractivity contribution in [3.05, 3.63) is 0 Å². The third-order valence-electron chi connectivity index (χ3n) is 5.43. The van der Waals surface area contributed by atoms with Crippen LogP contribution in [0, 0.1) is 17.8 Å². The van der Waals surface area contributed by atoms with E-state index in [1.165, 1.54) is 5.84 Å². The second-order valence-electron chi connectivity index (χ2n) is 6.86. The number of likely N-dealkylation sites (tertiary alicyclic amines) is 1. The van der Waals surface area contributed by atoms with E-state index in [2.05, 4.69) is 20.2 Å². The van der Waals surface area contributed by atoms with Gasteiger partial charge in [-0.2, -0.15) is 0 Å². The van der Waals surface area contributed by atoms with Crippen LogP contribution in [0.25, 0.3) is 0 Å². The molecule has 3 fully saturated rings. The molecule has 1 N–H and O–H groups in total. The van der Waals surface area contributed by atoms with E-state index in [0.29, 0.717) is 29.6 Å². The van der Waals surface area contributed by atoms with Crippen molar-refractivity contribution < 1.29 is 4.79 Å². The fourth-order valence-corrected chi connectivity index (χ4v) is 3.97. The van der Waals surface area contributed by atoms with E-state index in [9.17, 15) is 4.79 Å². The Balaban J connectivity index is 1.40. The van der Waals surface area contributed by atoms with Crippen LogP contribution in [0.1, 0.15) is 32.1 Å². The zero-order valence-electron chi connectivity index (χ0n) is 12.5. The van der Waals surface area contributed by atoms with Crippen molar-refractivity contribution in [2.24, 2.45) is 27.7 Å². The molecule has 21 heavy (non-hydrogen) atoms. The summed E-state index contributed by atoms with van der Waals surface area (Å²) in [6.07, 6.45) is 7.15. The lowest BCUT2D eigenvalue weighted by Gasteiger charge is -2.40. The average Bonchev–Trinajstić information content (AvgIpc) is 3.39. The lowest BCUT2D eigenvalue weighted by Crippen LogP contribution is -2.52. The highest BCUT2D eigenvalue weighted by atomic mass is 16.1. The number of ketones is 1. The lowest BCUT2D eigenvalue weighted by atomic mass is 9.87. The number of aliphatic imine (C=N–C) groups is 2. The standard InChI is InChI=1S/C16H24N4O/c21-15(11-1-2-11)12-4-7-20(8-5-12)16-13-9-17-6-3-14(13)18-10-19-16/h10-14,17H,1-9H2. The molecule has 3 heterocycles. The predicted octanol–water partition coefficient (Wildman–Crippen LogP) is 1.10. The van der Waals surface area contributed by atoms with Crippen LogP contribution in [0.2, 0.25) is 0 Å². The highest BCUT2D eigenvalue weighted by molar-refractivity contribution is 5.93. The number of fused-ring (bicyclic) bond motifs is 1. The van der Waals surface area contributed by atoms with Gasteiger partial charge in [-0.05, 0) is 38.6 Å².